The van der Waals surface area contributed by atoms with Crippen molar-refractivity contribution in [3.63, 3.8) is 0 Å². The minimum Gasteiger partial charge on any atom is -0.495 e. The molecule has 5 nitrogen and oxygen atoms in total. The smallest absolute Gasteiger partial charge is 0.221 e. The lowest BCUT2D eigenvalue weighted by atomic mass is 10.2. The van der Waals surface area contributed by atoms with Gasteiger partial charge in [-0.05, 0) is 13.8 Å². The van der Waals surface area contributed by atoms with Crippen LogP contribution < -0.4 is 21.1 Å². The Morgan fingerprint density at radius 3 is 2.74 bits per heavy atom. The number of amides is 1. The van der Waals surface area contributed by atoms with Crippen molar-refractivity contribution < 1.29 is 13.9 Å². The highest BCUT2D eigenvalue weighted by Gasteiger charge is 2.09. The summed E-state index contributed by atoms with van der Waals surface area (Å²) in [4.78, 5) is 11.4. The Balaban J connectivity index is 2.56. The van der Waals surface area contributed by atoms with E-state index in [2.05, 4.69) is 10.6 Å². The molecule has 106 valence electrons. The van der Waals surface area contributed by atoms with Crippen LogP contribution in [0.25, 0.3) is 0 Å². The summed E-state index contributed by atoms with van der Waals surface area (Å²) in [6.07, 6.45) is 0.268. The van der Waals surface area contributed by atoms with Gasteiger partial charge >= 0.3 is 0 Å². The van der Waals surface area contributed by atoms with Crippen LogP contribution in [-0.4, -0.2) is 25.6 Å². The molecule has 0 aliphatic carbocycles. The quantitative estimate of drug-likeness (QED) is 0.688. The lowest BCUT2D eigenvalue weighted by Crippen LogP contribution is -2.31. The first-order valence-corrected chi connectivity index (χ1v) is 6.10. The number of rotatable bonds is 6. The van der Waals surface area contributed by atoms with Crippen LogP contribution in [0.5, 0.6) is 5.75 Å². The molecule has 0 aliphatic heterocycles. The molecule has 0 bridgehead atoms. The molecule has 1 rings (SSSR count). The van der Waals surface area contributed by atoms with Gasteiger partial charge in [0.15, 0.2) is 0 Å². The molecule has 0 spiro atoms. The number of nitrogens with two attached hydrogens (primary N) is 1. The Bertz CT molecular complexity index is 450. The minimum atomic E-state index is -0.470. The number of carbonyl (C=O) groups excluding carboxylic acids is 1. The number of carbonyl (C=O) groups is 1. The summed E-state index contributed by atoms with van der Waals surface area (Å²) >= 11 is 0. The molecule has 0 aromatic heterocycles. The second-order valence-corrected chi connectivity index (χ2v) is 4.47. The lowest BCUT2D eigenvalue weighted by Gasteiger charge is -2.12. The lowest BCUT2D eigenvalue weighted by molar-refractivity contribution is -0.121. The maximum atomic E-state index is 13.6. The number of anilines is 2. The van der Waals surface area contributed by atoms with E-state index in [0.29, 0.717) is 12.3 Å². The van der Waals surface area contributed by atoms with Crippen molar-refractivity contribution in [3.05, 3.63) is 17.9 Å². The number of ether oxygens (including phenoxy) is 1. The van der Waals surface area contributed by atoms with Crippen molar-refractivity contribution in [1.29, 1.82) is 0 Å². The van der Waals surface area contributed by atoms with Gasteiger partial charge in [-0.25, -0.2) is 4.39 Å². The van der Waals surface area contributed by atoms with E-state index in [1.54, 1.807) is 0 Å². The monoisotopic (exact) mass is 269 g/mol. The van der Waals surface area contributed by atoms with E-state index in [4.69, 9.17) is 10.5 Å². The largest absolute Gasteiger partial charge is 0.495 e. The van der Waals surface area contributed by atoms with E-state index in [-0.39, 0.29) is 29.7 Å². The average Bonchev–Trinajstić information content (AvgIpc) is 2.31. The maximum absolute atomic E-state index is 13.6. The third kappa shape index (κ3) is 4.65. The van der Waals surface area contributed by atoms with Gasteiger partial charge in [0.1, 0.15) is 11.6 Å². The molecule has 0 radical (unpaired) electrons. The SMILES string of the molecule is COc1cc(NCCC(=O)NC(C)C)c(F)cc1N. The molecule has 1 amide bonds. The standard InChI is InChI=1S/C13H20FN3O2/c1-8(2)17-13(18)4-5-16-11-7-12(19-3)10(15)6-9(11)14/h6-8,16H,4-5,15H2,1-3H3,(H,17,18). The topological polar surface area (TPSA) is 76.4 Å². The van der Waals surface area contributed by atoms with Gasteiger partial charge in [0.05, 0.1) is 18.5 Å². The Morgan fingerprint density at radius 1 is 1.47 bits per heavy atom. The van der Waals surface area contributed by atoms with Gasteiger partial charge in [-0.3, -0.25) is 4.79 Å². The number of benzene rings is 1. The molecule has 0 saturated heterocycles. The van der Waals surface area contributed by atoms with Crippen LogP contribution in [-0.2, 0) is 4.79 Å². The summed E-state index contributed by atoms with van der Waals surface area (Å²) in [7, 11) is 1.46. The number of halogens is 1. The zero-order valence-electron chi connectivity index (χ0n) is 11.4. The van der Waals surface area contributed by atoms with Crippen LogP contribution in [0.1, 0.15) is 20.3 Å². The number of methoxy groups -OCH3 is 1. The highest BCUT2D eigenvalue weighted by molar-refractivity contribution is 5.76. The van der Waals surface area contributed by atoms with E-state index >= 15 is 0 Å². The fourth-order valence-corrected chi connectivity index (χ4v) is 1.59. The number of hydrogen-bond acceptors (Lipinski definition) is 4. The zero-order chi connectivity index (χ0) is 14.4. The molecular weight excluding hydrogens is 249 g/mol. The maximum Gasteiger partial charge on any atom is 0.221 e. The van der Waals surface area contributed by atoms with Gasteiger partial charge < -0.3 is 21.1 Å². The summed E-state index contributed by atoms with van der Waals surface area (Å²) in [5.74, 6) is -0.150. The highest BCUT2D eigenvalue weighted by Crippen LogP contribution is 2.28. The Hall–Kier alpha value is -1.98. The van der Waals surface area contributed by atoms with E-state index in [1.807, 2.05) is 13.8 Å². The highest BCUT2D eigenvalue weighted by atomic mass is 19.1. The predicted molar refractivity (Wildman–Crippen MR) is 73.7 cm³/mol. The zero-order valence-corrected chi connectivity index (χ0v) is 11.4. The first-order valence-electron chi connectivity index (χ1n) is 6.10. The molecule has 1 aromatic carbocycles. The number of hydrogen-bond donors (Lipinski definition) is 3. The molecule has 6 heteroatoms. The van der Waals surface area contributed by atoms with Crippen LogP contribution in [0.4, 0.5) is 15.8 Å². The third-order valence-corrected chi connectivity index (χ3v) is 2.44. The molecule has 0 fully saturated rings. The summed E-state index contributed by atoms with van der Waals surface area (Å²) < 4.78 is 18.6. The van der Waals surface area contributed by atoms with E-state index < -0.39 is 5.82 Å². The van der Waals surface area contributed by atoms with Crippen molar-refractivity contribution >= 4 is 17.3 Å². The molecule has 0 aliphatic rings. The van der Waals surface area contributed by atoms with Crippen LogP contribution in [0.3, 0.4) is 0 Å². The van der Waals surface area contributed by atoms with Crippen LogP contribution >= 0.6 is 0 Å². The minimum absolute atomic E-state index is 0.0784. The Labute approximate surface area is 112 Å². The molecule has 0 saturated carbocycles. The molecule has 0 unspecified atom stereocenters. The van der Waals surface area contributed by atoms with Crippen LogP contribution in [0, 0.1) is 5.82 Å². The van der Waals surface area contributed by atoms with Crippen molar-refractivity contribution in [2.24, 2.45) is 0 Å². The van der Waals surface area contributed by atoms with E-state index in [9.17, 15) is 9.18 Å². The molecule has 19 heavy (non-hydrogen) atoms. The van der Waals surface area contributed by atoms with Gasteiger partial charge in [0.2, 0.25) is 5.91 Å². The van der Waals surface area contributed by atoms with Gasteiger partial charge in [-0.1, -0.05) is 0 Å². The molecule has 0 heterocycles. The fourth-order valence-electron chi connectivity index (χ4n) is 1.59. The van der Waals surface area contributed by atoms with E-state index in [0.717, 1.165) is 0 Å². The summed E-state index contributed by atoms with van der Waals surface area (Å²) in [5.41, 5.74) is 6.08. The second-order valence-electron chi connectivity index (χ2n) is 4.47. The van der Waals surface area contributed by atoms with Crippen LogP contribution in [0.15, 0.2) is 12.1 Å². The Morgan fingerprint density at radius 2 is 2.16 bits per heavy atom. The molecule has 4 N–H and O–H groups in total. The number of nitrogen functional groups attached to an aromatic ring is 1. The van der Waals surface area contributed by atoms with Gasteiger partial charge in [-0.2, -0.15) is 0 Å². The van der Waals surface area contributed by atoms with Crippen molar-refractivity contribution in [2.45, 2.75) is 26.3 Å². The fraction of sp³-hybridized carbons (Fsp3) is 0.462. The third-order valence-electron chi connectivity index (χ3n) is 2.44. The Kier molecular flexibility index (Phi) is 5.41. The summed E-state index contributed by atoms with van der Waals surface area (Å²) in [6, 6.07) is 2.77. The van der Waals surface area contributed by atoms with E-state index in [1.165, 1.54) is 19.2 Å². The first-order chi connectivity index (χ1) is 8.93. The van der Waals surface area contributed by atoms with Crippen molar-refractivity contribution in [2.75, 3.05) is 24.7 Å². The van der Waals surface area contributed by atoms with Crippen molar-refractivity contribution in [1.82, 2.24) is 5.32 Å². The van der Waals surface area contributed by atoms with Gasteiger partial charge in [0.25, 0.3) is 0 Å². The van der Waals surface area contributed by atoms with Gasteiger partial charge in [-0.15, -0.1) is 0 Å². The average molecular weight is 269 g/mol. The predicted octanol–water partition coefficient (Wildman–Crippen LogP) is 1.74. The first kappa shape index (κ1) is 15.1. The van der Waals surface area contributed by atoms with Crippen LogP contribution in [0.2, 0.25) is 0 Å². The second kappa shape index (κ2) is 6.82. The normalized spacial score (nSPS) is 10.4. The van der Waals surface area contributed by atoms with Gasteiger partial charge in [0, 0.05) is 31.1 Å². The number of nitrogens with one attached hydrogen (secondary N) is 2. The molecule has 1 aromatic rings. The summed E-state index contributed by atoms with van der Waals surface area (Å²) in [5, 5.41) is 5.61. The van der Waals surface area contributed by atoms with Crippen molar-refractivity contribution in [3.8, 4) is 5.75 Å². The summed E-state index contributed by atoms with van der Waals surface area (Å²) in [6.45, 7) is 4.11. The molecular formula is C13H20FN3O2. The molecule has 0 atom stereocenters.